The molecule has 0 spiro atoms. The molecule has 1 aromatic carbocycles. The highest BCUT2D eigenvalue weighted by Crippen LogP contribution is 2.37. The molecule has 2 aromatic rings. The van der Waals surface area contributed by atoms with Crippen molar-refractivity contribution in [3.05, 3.63) is 24.5 Å². The molecule has 1 aliphatic rings. The van der Waals surface area contributed by atoms with Crippen molar-refractivity contribution < 1.29 is 13.7 Å². The molecule has 29 heavy (non-hydrogen) atoms. The maximum absolute atomic E-state index is 6.32. The van der Waals surface area contributed by atoms with Gasteiger partial charge in [-0.25, -0.2) is 4.98 Å². The van der Waals surface area contributed by atoms with E-state index >= 15 is 0 Å². The van der Waals surface area contributed by atoms with Gasteiger partial charge in [0.2, 0.25) is 0 Å². The Morgan fingerprint density at radius 1 is 1.10 bits per heavy atom. The molecule has 1 aliphatic heterocycles. The predicted molar refractivity (Wildman–Crippen MR) is 123 cm³/mol. The van der Waals surface area contributed by atoms with Crippen LogP contribution < -0.4 is 5.46 Å². The molecule has 0 N–H and O–H groups in total. The van der Waals surface area contributed by atoms with E-state index in [4.69, 9.17) is 13.7 Å². The number of imidazole rings is 1. The van der Waals surface area contributed by atoms with Gasteiger partial charge in [0.15, 0.2) is 8.32 Å². The molecule has 1 fully saturated rings. The molecule has 0 atom stereocenters. The van der Waals surface area contributed by atoms with Gasteiger partial charge in [0.1, 0.15) is 0 Å². The van der Waals surface area contributed by atoms with E-state index in [9.17, 15) is 0 Å². The average molecular weight is 416 g/mol. The highest BCUT2D eigenvalue weighted by atomic mass is 28.4. The van der Waals surface area contributed by atoms with Crippen LogP contribution in [0.2, 0.25) is 18.1 Å². The fraction of sp³-hybridized carbons (Fsp3) is 0.682. The maximum Gasteiger partial charge on any atom is 0.494 e. The lowest BCUT2D eigenvalue weighted by Gasteiger charge is -2.36. The second kappa shape index (κ2) is 7.52. The number of hydrogen-bond acceptors (Lipinski definition) is 4. The van der Waals surface area contributed by atoms with Gasteiger partial charge in [-0.15, -0.1) is 0 Å². The normalized spacial score (nSPS) is 19.3. The third kappa shape index (κ3) is 4.48. The Balaban J connectivity index is 1.69. The molecule has 1 aromatic heterocycles. The van der Waals surface area contributed by atoms with Gasteiger partial charge in [0.25, 0.3) is 0 Å². The zero-order chi connectivity index (χ0) is 21.7. The topological polar surface area (TPSA) is 45.5 Å². The van der Waals surface area contributed by atoms with Crippen LogP contribution >= 0.6 is 0 Å². The van der Waals surface area contributed by atoms with Gasteiger partial charge in [-0.3, -0.25) is 0 Å². The molecule has 1 saturated heterocycles. The Hall–Kier alpha value is -1.15. The van der Waals surface area contributed by atoms with Crippen molar-refractivity contribution in [3.63, 3.8) is 0 Å². The molecular formula is C22H37BN2O3Si. The minimum absolute atomic E-state index is 0.242. The van der Waals surface area contributed by atoms with E-state index in [0.29, 0.717) is 0 Å². The van der Waals surface area contributed by atoms with Crippen LogP contribution in [0.25, 0.3) is 11.0 Å². The SMILES string of the molecule is CC1(C)OB(c2ccc3ncn(CCCO[Si](C)(C)C(C)(C)C)c3c2)OC1(C)C. The minimum atomic E-state index is -1.69. The molecule has 0 amide bonds. The number of aryl methyl sites for hydroxylation is 1. The number of rotatable bonds is 6. The molecule has 160 valence electrons. The quantitative estimate of drug-likeness (QED) is 0.504. The molecule has 7 heteroatoms. The zero-order valence-corrected chi connectivity index (χ0v) is 20.6. The van der Waals surface area contributed by atoms with E-state index in [-0.39, 0.29) is 23.4 Å². The Bertz CT molecular complexity index is 855. The number of hydrogen-bond donors (Lipinski definition) is 0. The van der Waals surface area contributed by atoms with Gasteiger partial charge in [-0.2, -0.15) is 0 Å². The molecule has 0 saturated carbocycles. The fourth-order valence-electron chi connectivity index (χ4n) is 3.16. The van der Waals surface area contributed by atoms with Crippen molar-refractivity contribution >= 4 is 31.9 Å². The van der Waals surface area contributed by atoms with E-state index in [1.165, 1.54) is 0 Å². The third-order valence-electron chi connectivity index (χ3n) is 6.98. The highest BCUT2D eigenvalue weighted by molar-refractivity contribution is 6.74. The second-order valence-electron chi connectivity index (χ2n) is 10.7. The summed E-state index contributed by atoms with van der Waals surface area (Å²) in [6.45, 7) is 21.4. The largest absolute Gasteiger partial charge is 0.494 e. The van der Waals surface area contributed by atoms with Gasteiger partial charge < -0.3 is 18.3 Å². The van der Waals surface area contributed by atoms with Gasteiger partial charge in [0.05, 0.1) is 28.6 Å². The monoisotopic (exact) mass is 416 g/mol. The first kappa shape index (κ1) is 22.5. The van der Waals surface area contributed by atoms with Gasteiger partial charge in [-0.05, 0) is 69.8 Å². The highest BCUT2D eigenvalue weighted by Gasteiger charge is 2.51. The van der Waals surface area contributed by atoms with E-state index in [1.807, 2.05) is 6.33 Å². The fourth-order valence-corrected chi connectivity index (χ4v) is 4.24. The van der Waals surface area contributed by atoms with Gasteiger partial charge >= 0.3 is 7.12 Å². The summed E-state index contributed by atoms with van der Waals surface area (Å²) in [7, 11) is -2.04. The summed E-state index contributed by atoms with van der Waals surface area (Å²) in [5.74, 6) is 0. The Kier molecular flexibility index (Phi) is 5.84. The van der Waals surface area contributed by atoms with Crippen molar-refractivity contribution in [1.29, 1.82) is 0 Å². The second-order valence-corrected chi connectivity index (χ2v) is 15.5. The summed E-state index contributed by atoms with van der Waals surface area (Å²) in [6, 6.07) is 6.26. The van der Waals surface area contributed by atoms with Gasteiger partial charge in [0, 0.05) is 13.2 Å². The number of fused-ring (bicyclic) bond motifs is 1. The van der Waals surface area contributed by atoms with Crippen LogP contribution in [0.1, 0.15) is 54.9 Å². The predicted octanol–water partition coefficient (Wildman–Crippen LogP) is 4.75. The molecule has 0 unspecified atom stereocenters. The smallest absolute Gasteiger partial charge is 0.417 e. The summed E-state index contributed by atoms with van der Waals surface area (Å²) in [5.41, 5.74) is 2.47. The number of aromatic nitrogens is 2. The Morgan fingerprint density at radius 2 is 1.72 bits per heavy atom. The van der Waals surface area contributed by atoms with Crippen LogP contribution in [-0.2, 0) is 20.3 Å². The Labute approximate surface area is 177 Å². The molecule has 2 heterocycles. The molecule has 0 aliphatic carbocycles. The van der Waals surface area contributed by atoms with Crippen molar-refractivity contribution in [3.8, 4) is 0 Å². The van der Waals surface area contributed by atoms with E-state index in [1.54, 1.807) is 0 Å². The first-order chi connectivity index (χ1) is 13.2. The molecule has 3 rings (SSSR count). The molecule has 0 bridgehead atoms. The summed E-state index contributed by atoms with van der Waals surface area (Å²) >= 11 is 0. The van der Waals surface area contributed by atoms with Gasteiger partial charge in [-0.1, -0.05) is 26.8 Å². The van der Waals surface area contributed by atoms with Crippen LogP contribution in [-0.4, -0.2) is 42.8 Å². The lowest BCUT2D eigenvalue weighted by atomic mass is 9.79. The van der Waals surface area contributed by atoms with Crippen molar-refractivity contribution in [2.24, 2.45) is 0 Å². The number of benzene rings is 1. The van der Waals surface area contributed by atoms with E-state index in [0.717, 1.165) is 36.1 Å². The maximum atomic E-state index is 6.32. The third-order valence-corrected chi connectivity index (χ3v) is 11.5. The number of nitrogens with zero attached hydrogens (tertiary/aromatic N) is 2. The van der Waals surface area contributed by atoms with Crippen molar-refractivity contribution in [2.75, 3.05) is 6.61 Å². The van der Waals surface area contributed by atoms with Crippen LogP contribution in [0.3, 0.4) is 0 Å². The summed E-state index contributed by atoms with van der Waals surface area (Å²) < 4.78 is 21.0. The lowest BCUT2D eigenvalue weighted by Crippen LogP contribution is -2.41. The standard InChI is InChI=1S/C22H37BN2O3Si/c1-20(2,3)29(8,9)26-14-10-13-25-16-24-18-12-11-17(15-19(18)25)23-27-21(4,5)22(6,7)28-23/h11-12,15-16H,10,13-14H2,1-9H3. The summed E-state index contributed by atoms with van der Waals surface area (Å²) in [4.78, 5) is 4.56. The molecule has 5 nitrogen and oxygen atoms in total. The summed E-state index contributed by atoms with van der Waals surface area (Å²) in [6.07, 6.45) is 2.89. The Morgan fingerprint density at radius 3 is 2.31 bits per heavy atom. The van der Waals surface area contributed by atoms with Crippen LogP contribution in [0.15, 0.2) is 24.5 Å². The zero-order valence-electron chi connectivity index (χ0n) is 19.6. The average Bonchev–Trinajstić information content (AvgIpc) is 3.08. The van der Waals surface area contributed by atoms with Crippen molar-refractivity contribution in [2.45, 2.75) is 90.8 Å². The van der Waals surface area contributed by atoms with Crippen molar-refractivity contribution in [1.82, 2.24) is 9.55 Å². The lowest BCUT2D eigenvalue weighted by molar-refractivity contribution is 0.00578. The van der Waals surface area contributed by atoms with E-state index in [2.05, 4.69) is 89.3 Å². The minimum Gasteiger partial charge on any atom is -0.417 e. The first-order valence-electron chi connectivity index (χ1n) is 10.7. The van der Waals surface area contributed by atoms with Crippen LogP contribution in [0.5, 0.6) is 0 Å². The van der Waals surface area contributed by atoms with Crippen LogP contribution in [0, 0.1) is 0 Å². The van der Waals surface area contributed by atoms with E-state index < -0.39 is 8.32 Å². The van der Waals surface area contributed by atoms with Crippen LogP contribution in [0.4, 0.5) is 0 Å². The molecular weight excluding hydrogens is 379 g/mol. The molecule has 0 radical (unpaired) electrons. The summed E-state index contributed by atoms with van der Waals surface area (Å²) in [5, 5.41) is 0.242. The first-order valence-corrected chi connectivity index (χ1v) is 13.6.